The number of hydrogen-bond donors (Lipinski definition) is 0. The first-order valence-electron chi connectivity index (χ1n) is 9.25. The van der Waals surface area contributed by atoms with Crippen molar-refractivity contribution in [1.29, 1.82) is 0 Å². The van der Waals surface area contributed by atoms with E-state index in [4.69, 9.17) is 11.6 Å². The fraction of sp³-hybridized carbons (Fsp3) is 0.273. The Morgan fingerprint density at radius 1 is 1.11 bits per heavy atom. The van der Waals surface area contributed by atoms with Crippen LogP contribution in [0.1, 0.15) is 36.4 Å². The molecule has 0 aromatic heterocycles. The molecule has 2 aliphatic rings. The van der Waals surface area contributed by atoms with Crippen LogP contribution < -0.4 is 0 Å². The lowest BCUT2D eigenvalue weighted by atomic mass is 9.77. The van der Waals surface area contributed by atoms with Gasteiger partial charge in [-0.05, 0) is 66.3 Å². The molecule has 144 valence electrons. The fourth-order valence-corrected chi connectivity index (χ4v) is 4.14. The summed E-state index contributed by atoms with van der Waals surface area (Å²) in [6, 6.07) is 12.2. The van der Waals surface area contributed by atoms with Gasteiger partial charge in [-0.15, -0.1) is 11.6 Å². The molecule has 4 rings (SSSR count). The van der Waals surface area contributed by atoms with Crippen LogP contribution in [-0.2, 0) is 4.79 Å². The molecule has 28 heavy (non-hydrogen) atoms. The van der Waals surface area contributed by atoms with E-state index < -0.39 is 0 Å². The molecule has 6 heteroatoms. The summed E-state index contributed by atoms with van der Waals surface area (Å²) < 4.78 is 26.6. The molecule has 1 amide bonds. The van der Waals surface area contributed by atoms with Crippen LogP contribution in [-0.4, -0.2) is 22.5 Å². The second-order valence-electron chi connectivity index (χ2n) is 7.07. The van der Waals surface area contributed by atoms with Crippen LogP contribution in [0.15, 0.2) is 59.2 Å². The van der Waals surface area contributed by atoms with E-state index in [9.17, 15) is 13.6 Å². The van der Waals surface area contributed by atoms with Gasteiger partial charge in [-0.3, -0.25) is 4.79 Å². The lowest BCUT2D eigenvalue weighted by Gasteiger charge is -2.29. The normalized spacial score (nSPS) is 22.9. The molecule has 0 N–H and O–H groups in total. The van der Waals surface area contributed by atoms with Gasteiger partial charge in [0.1, 0.15) is 17.5 Å². The van der Waals surface area contributed by atoms with E-state index in [-0.39, 0.29) is 35.4 Å². The smallest absolute Gasteiger partial charge is 0.258 e. The third kappa shape index (κ3) is 3.59. The number of nitrogens with zero attached hydrogens (tertiary/aromatic N) is 2. The molecule has 0 radical (unpaired) electrons. The average molecular weight is 401 g/mol. The van der Waals surface area contributed by atoms with E-state index in [2.05, 4.69) is 5.10 Å². The minimum Gasteiger partial charge on any atom is -0.272 e. The van der Waals surface area contributed by atoms with Gasteiger partial charge in [0.2, 0.25) is 0 Å². The number of carbonyl (C=O) groups is 1. The summed E-state index contributed by atoms with van der Waals surface area (Å²) in [6.45, 7) is 0. The third-order valence-corrected chi connectivity index (χ3v) is 5.52. The van der Waals surface area contributed by atoms with Gasteiger partial charge in [-0.1, -0.05) is 24.3 Å². The number of hydrazone groups is 1. The number of allylic oxidation sites excluding steroid dienone is 1. The highest BCUT2D eigenvalue weighted by atomic mass is 35.5. The lowest BCUT2D eigenvalue weighted by molar-refractivity contribution is -0.130. The van der Waals surface area contributed by atoms with Gasteiger partial charge in [0.05, 0.1) is 11.8 Å². The molecule has 1 heterocycles. The van der Waals surface area contributed by atoms with Gasteiger partial charge in [0.25, 0.3) is 5.91 Å². The maximum atomic E-state index is 13.4. The Morgan fingerprint density at radius 2 is 1.75 bits per heavy atom. The number of hydrogen-bond acceptors (Lipinski definition) is 2. The first kappa shape index (κ1) is 18.8. The Balaban J connectivity index is 1.73. The largest absolute Gasteiger partial charge is 0.272 e. The summed E-state index contributed by atoms with van der Waals surface area (Å²) in [5.41, 5.74) is 3.63. The van der Waals surface area contributed by atoms with Crippen molar-refractivity contribution in [2.45, 2.75) is 25.3 Å². The van der Waals surface area contributed by atoms with Crippen molar-refractivity contribution in [3.63, 3.8) is 0 Å². The minimum absolute atomic E-state index is 0.0260. The molecule has 1 aliphatic heterocycles. The maximum Gasteiger partial charge on any atom is 0.258 e. The van der Waals surface area contributed by atoms with Gasteiger partial charge in [0.15, 0.2) is 0 Å². The molecule has 0 saturated heterocycles. The maximum absolute atomic E-state index is 13.4. The van der Waals surface area contributed by atoms with Gasteiger partial charge in [-0.25, -0.2) is 13.8 Å². The summed E-state index contributed by atoms with van der Waals surface area (Å²) in [7, 11) is 0. The molecule has 2 aromatic rings. The molecule has 1 aliphatic carbocycles. The average Bonchev–Trinajstić information content (AvgIpc) is 3.10. The van der Waals surface area contributed by atoms with Crippen LogP contribution in [0.3, 0.4) is 0 Å². The zero-order chi connectivity index (χ0) is 19.7. The van der Waals surface area contributed by atoms with E-state index >= 15 is 0 Å². The van der Waals surface area contributed by atoms with Crippen LogP contribution in [0.4, 0.5) is 8.78 Å². The number of benzene rings is 2. The van der Waals surface area contributed by atoms with Crippen molar-refractivity contribution in [3.05, 3.63) is 76.9 Å². The summed E-state index contributed by atoms with van der Waals surface area (Å²) in [4.78, 5) is 12.5. The van der Waals surface area contributed by atoms with Crippen LogP contribution >= 0.6 is 11.6 Å². The first-order valence-corrected chi connectivity index (χ1v) is 9.79. The number of alkyl halides is 1. The molecular formula is C22H19ClF2N2O. The number of carbonyl (C=O) groups excluding carboxylic acids is 1. The van der Waals surface area contributed by atoms with E-state index in [0.717, 1.165) is 41.7 Å². The Kier molecular flexibility index (Phi) is 5.27. The minimum atomic E-state index is -0.321. The van der Waals surface area contributed by atoms with Gasteiger partial charge < -0.3 is 0 Å². The molecule has 0 unspecified atom stereocenters. The molecule has 3 nitrogen and oxygen atoms in total. The summed E-state index contributed by atoms with van der Waals surface area (Å²) in [6.07, 6.45) is 4.68. The number of amides is 1. The van der Waals surface area contributed by atoms with Gasteiger partial charge in [0, 0.05) is 5.92 Å². The van der Waals surface area contributed by atoms with Crippen molar-refractivity contribution in [2.75, 3.05) is 5.88 Å². The molecule has 1 saturated carbocycles. The van der Waals surface area contributed by atoms with E-state index in [1.807, 2.05) is 6.08 Å². The highest BCUT2D eigenvalue weighted by Gasteiger charge is 2.43. The SMILES string of the molecule is O=C(CCl)N1N=C2/C(=C/c3ccc(F)cc3)CCC[C@@H]2[C@@H]1c1ccc(F)cc1. The quantitative estimate of drug-likeness (QED) is 0.641. The second kappa shape index (κ2) is 7.84. The van der Waals surface area contributed by atoms with Crippen molar-refractivity contribution in [1.82, 2.24) is 5.01 Å². The fourth-order valence-electron chi connectivity index (χ4n) is 4.02. The van der Waals surface area contributed by atoms with Crippen molar-refractivity contribution in [3.8, 4) is 0 Å². The van der Waals surface area contributed by atoms with Crippen LogP contribution in [0.25, 0.3) is 6.08 Å². The molecule has 0 spiro atoms. The van der Waals surface area contributed by atoms with Crippen molar-refractivity contribution >= 4 is 29.3 Å². The Bertz CT molecular complexity index is 938. The molecule has 1 fully saturated rings. The predicted octanol–water partition coefficient (Wildman–Crippen LogP) is 5.33. The lowest BCUT2D eigenvalue weighted by Crippen LogP contribution is -2.32. The Hall–Kier alpha value is -2.53. The summed E-state index contributed by atoms with van der Waals surface area (Å²) in [5, 5.41) is 6.08. The van der Waals surface area contributed by atoms with Crippen molar-refractivity contribution in [2.24, 2.45) is 11.0 Å². The second-order valence-corrected chi connectivity index (χ2v) is 7.34. The van der Waals surface area contributed by atoms with Crippen LogP contribution in [0, 0.1) is 17.6 Å². The Morgan fingerprint density at radius 3 is 2.39 bits per heavy atom. The highest BCUT2D eigenvalue weighted by molar-refractivity contribution is 6.27. The molecule has 2 aromatic carbocycles. The van der Waals surface area contributed by atoms with E-state index in [1.54, 1.807) is 24.3 Å². The van der Waals surface area contributed by atoms with Gasteiger partial charge in [-0.2, -0.15) is 5.10 Å². The molecular weight excluding hydrogens is 382 g/mol. The van der Waals surface area contributed by atoms with Crippen LogP contribution in [0.5, 0.6) is 0 Å². The molecule has 2 atom stereocenters. The predicted molar refractivity (Wildman–Crippen MR) is 106 cm³/mol. The van der Waals surface area contributed by atoms with Gasteiger partial charge >= 0.3 is 0 Å². The summed E-state index contributed by atoms with van der Waals surface area (Å²) in [5.74, 6) is -1.02. The van der Waals surface area contributed by atoms with Crippen LogP contribution in [0.2, 0.25) is 0 Å². The third-order valence-electron chi connectivity index (χ3n) is 5.29. The standard InChI is InChI=1S/C22H19ClF2N2O/c23-13-20(28)27-22(15-6-10-18(25)11-7-15)19-3-1-2-16(21(19)26-27)12-14-4-8-17(24)9-5-14/h4-12,19,22H,1-3,13H2/b16-12+/t19-,22-/m0/s1. The Labute approximate surface area is 167 Å². The first-order chi connectivity index (χ1) is 13.6. The number of halogens is 3. The van der Waals surface area contributed by atoms with E-state index in [0.29, 0.717) is 0 Å². The zero-order valence-corrected chi connectivity index (χ0v) is 15.9. The molecule has 0 bridgehead atoms. The van der Waals surface area contributed by atoms with Crippen molar-refractivity contribution < 1.29 is 13.6 Å². The topological polar surface area (TPSA) is 32.7 Å². The zero-order valence-electron chi connectivity index (χ0n) is 15.1. The number of fused-ring (bicyclic) bond motifs is 1. The number of rotatable bonds is 3. The highest BCUT2D eigenvalue weighted by Crippen LogP contribution is 2.44. The summed E-state index contributed by atoms with van der Waals surface area (Å²) >= 11 is 5.82. The monoisotopic (exact) mass is 400 g/mol. The van der Waals surface area contributed by atoms with E-state index in [1.165, 1.54) is 29.3 Å².